The Morgan fingerprint density at radius 2 is 2.09 bits per heavy atom. The third-order valence-corrected chi connectivity index (χ3v) is 3.63. The van der Waals surface area contributed by atoms with E-state index >= 15 is 0 Å². The highest BCUT2D eigenvalue weighted by Gasteiger charge is 2.46. The Hall–Kier alpha value is -0.0100. The van der Waals surface area contributed by atoms with Gasteiger partial charge in [-0.2, -0.15) is 0 Å². The van der Waals surface area contributed by atoms with Crippen molar-refractivity contribution in [2.24, 2.45) is 11.8 Å². The fourth-order valence-corrected chi connectivity index (χ4v) is 2.30. The van der Waals surface area contributed by atoms with Crippen LogP contribution in [-0.4, -0.2) is 16.5 Å². The van der Waals surface area contributed by atoms with Crippen molar-refractivity contribution in [2.45, 2.75) is 17.2 Å². The van der Waals surface area contributed by atoms with E-state index in [1.165, 1.54) is 0 Å². The van der Waals surface area contributed by atoms with Crippen molar-refractivity contribution in [3.8, 4) is 0 Å². The molecule has 0 aromatic heterocycles. The third kappa shape index (κ3) is 1.02. The topological polar surface area (TPSA) is 17.1 Å². The third-order valence-electron chi connectivity index (χ3n) is 2.49. The molecule has 1 saturated carbocycles. The summed E-state index contributed by atoms with van der Waals surface area (Å²) in [5.41, 5.74) is 0. The molecular weight excluding hydrogens is 183 g/mol. The molecule has 0 amide bonds. The lowest BCUT2D eigenvalue weighted by Crippen LogP contribution is -2.46. The van der Waals surface area contributed by atoms with Crippen molar-refractivity contribution in [1.29, 1.82) is 0 Å². The van der Waals surface area contributed by atoms with E-state index in [-0.39, 0.29) is 16.7 Å². The average molecular weight is 191 g/mol. The zero-order chi connectivity index (χ0) is 8.01. The number of hydrogen-bond acceptors (Lipinski definition) is 1. The van der Waals surface area contributed by atoms with E-state index in [0.717, 1.165) is 0 Å². The first-order chi connectivity index (χ1) is 5.20. The lowest BCUT2D eigenvalue weighted by Gasteiger charge is -2.40. The Bertz CT molecular complexity index is 224. The summed E-state index contributed by atoms with van der Waals surface area (Å²) < 4.78 is 0. The number of carbonyl (C=O) groups excluding carboxylic acids is 1. The Morgan fingerprint density at radius 3 is 2.73 bits per heavy atom. The zero-order valence-corrected chi connectivity index (χ0v) is 7.35. The van der Waals surface area contributed by atoms with Gasteiger partial charge in [0.15, 0.2) is 0 Å². The Kier molecular flexibility index (Phi) is 1.73. The zero-order valence-electron chi connectivity index (χ0n) is 5.84. The van der Waals surface area contributed by atoms with Crippen LogP contribution in [0.3, 0.4) is 0 Å². The number of ketones is 1. The number of rotatable bonds is 0. The van der Waals surface area contributed by atoms with Gasteiger partial charge in [0, 0.05) is 12.3 Å². The molecule has 60 valence electrons. The second-order valence-electron chi connectivity index (χ2n) is 3.13. The SMILES string of the molecule is O=C1CC2C1C=CC(Cl)C2Cl. The van der Waals surface area contributed by atoms with Crippen LogP contribution in [0.5, 0.6) is 0 Å². The molecular formula is C8H8Cl2O. The van der Waals surface area contributed by atoms with Gasteiger partial charge in [-0.15, -0.1) is 23.2 Å². The van der Waals surface area contributed by atoms with Crippen LogP contribution in [0.4, 0.5) is 0 Å². The van der Waals surface area contributed by atoms with Crippen LogP contribution in [0.2, 0.25) is 0 Å². The minimum atomic E-state index is -0.0917. The summed E-state index contributed by atoms with van der Waals surface area (Å²) in [6.45, 7) is 0. The first kappa shape index (κ1) is 7.63. The predicted octanol–water partition coefficient (Wildman–Crippen LogP) is 1.98. The van der Waals surface area contributed by atoms with Gasteiger partial charge < -0.3 is 0 Å². The van der Waals surface area contributed by atoms with E-state index in [9.17, 15) is 4.79 Å². The summed E-state index contributed by atoms with van der Waals surface area (Å²) in [4.78, 5) is 11.0. The lowest BCUT2D eigenvalue weighted by atomic mass is 9.67. The maximum Gasteiger partial charge on any atom is 0.140 e. The summed E-state index contributed by atoms with van der Waals surface area (Å²) in [6.07, 6.45) is 4.34. The highest BCUT2D eigenvalue weighted by atomic mass is 35.5. The molecule has 2 rings (SSSR count). The monoisotopic (exact) mass is 190 g/mol. The van der Waals surface area contributed by atoms with Gasteiger partial charge in [0.2, 0.25) is 0 Å². The maximum absolute atomic E-state index is 11.0. The number of Topliss-reactive ketones (excluding diaryl/α,β-unsaturated/α-hetero) is 1. The molecule has 0 aliphatic heterocycles. The van der Waals surface area contributed by atoms with E-state index in [0.29, 0.717) is 18.1 Å². The van der Waals surface area contributed by atoms with E-state index in [2.05, 4.69) is 0 Å². The van der Waals surface area contributed by atoms with E-state index in [4.69, 9.17) is 23.2 Å². The van der Waals surface area contributed by atoms with Crippen molar-refractivity contribution >= 4 is 29.0 Å². The van der Waals surface area contributed by atoms with E-state index in [1.54, 1.807) is 0 Å². The Balaban J connectivity index is 2.20. The standard InChI is InChI=1S/C8H8Cl2O/c9-6-2-1-4-5(8(6)10)3-7(4)11/h1-2,4-6,8H,3H2. The van der Waals surface area contributed by atoms with Crippen molar-refractivity contribution in [2.75, 3.05) is 0 Å². The number of allylic oxidation sites excluding steroid dienone is 2. The number of fused-ring (bicyclic) bond motifs is 1. The van der Waals surface area contributed by atoms with Crippen LogP contribution in [-0.2, 0) is 4.79 Å². The largest absolute Gasteiger partial charge is 0.299 e. The van der Waals surface area contributed by atoms with Crippen molar-refractivity contribution in [3.05, 3.63) is 12.2 Å². The van der Waals surface area contributed by atoms with Crippen molar-refractivity contribution in [1.82, 2.24) is 0 Å². The molecule has 2 aliphatic rings. The molecule has 0 bridgehead atoms. The van der Waals surface area contributed by atoms with Crippen molar-refractivity contribution < 1.29 is 4.79 Å². The quantitative estimate of drug-likeness (QED) is 0.422. The number of carbonyl (C=O) groups is 1. The first-order valence-corrected chi connectivity index (χ1v) is 4.56. The number of alkyl halides is 2. The number of hydrogen-bond donors (Lipinski definition) is 0. The van der Waals surface area contributed by atoms with Crippen LogP contribution in [0.1, 0.15) is 6.42 Å². The van der Waals surface area contributed by atoms with Crippen LogP contribution in [0, 0.1) is 11.8 Å². The second-order valence-corrected chi connectivity index (χ2v) is 4.14. The molecule has 1 nitrogen and oxygen atoms in total. The van der Waals surface area contributed by atoms with Gasteiger partial charge in [-0.05, 0) is 5.92 Å². The minimum absolute atomic E-state index is 0.0515. The fraction of sp³-hybridized carbons (Fsp3) is 0.625. The maximum atomic E-state index is 11.0. The number of halogens is 2. The molecule has 0 aromatic rings. The highest BCUT2D eigenvalue weighted by molar-refractivity contribution is 6.31. The molecule has 0 spiro atoms. The molecule has 0 saturated heterocycles. The summed E-state index contributed by atoms with van der Waals surface area (Å²) >= 11 is 11.9. The Morgan fingerprint density at radius 1 is 1.36 bits per heavy atom. The molecule has 0 heterocycles. The van der Waals surface area contributed by atoms with Gasteiger partial charge in [-0.1, -0.05) is 12.2 Å². The molecule has 4 atom stereocenters. The summed E-state index contributed by atoms with van der Waals surface area (Å²) in [7, 11) is 0. The van der Waals surface area contributed by atoms with Crippen molar-refractivity contribution in [3.63, 3.8) is 0 Å². The summed E-state index contributed by atoms with van der Waals surface area (Å²) in [5, 5.41) is -0.143. The van der Waals surface area contributed by atoms with E-state index < -0.39 is 0 Å². The molecule has 3 heteroatoms. The first-order valence-electron chi connectivity index (χ1n) is 3.69. The summed E-state index contributed by atoms with van der Waals surface area (Å²) in [6, 6.07) is 0. The molecule has 1 fully saturated rings. The Labute approximate surface area is 75.4 Å². The normalized spacial score (nSPS) is 48.4. The molecule has 0 aromatic carbocycles. The smallest absolute Gasteiger partial charge is 0.140 e. The van der Waals surface area contributed by atoms with Gasteiger partial charge in [0.05, 0.1) is 10.8 Å². The minimum Gasteiger partial charge on any atom is -0.299 e. The van der Waals surface area contributed by atoms with Crippen LogP contribution < -0.4 is 0 Å². The lowest BCUT2D eigenvalue weighted by molar-refractivity contribution is -0.131. The molecule has 11 heavy (non-hydrogen) atoms. The molecule has 2 aliphatic carbocycles. The van der Waals surface area contributed by atoms with Gasteiger partial charge in [-0.3, -0.25) is 4.79 Å². The highest BCUT2D eigenvalue weighted by Crippen LogP contribution is 2.42. The average Bonchev–Trinajstić information content (AvgIpc) is 1.96. The molecule has 4 unspecified atom stereocenters. The van der Waals surface area contributed by atoms with Crippen LogP contribution >= 0.6 is 23.2 Å². The predicted molar refractivity (Wildman–Crippen MR) is 45.0 cm³/mol. The molecule has 0 N–H and O–H groups in total. The van der Waals surface area contributed by atoms with Gasteiger partial charge in [-0.25, -0.2) is 0 Å². The van der Waals surface area contributed by atoms with Crippen LogP contribution in [0.25, 0.3) is 0 Å². The van der Waals surface area contributed by atoms with E-state index in [1.807, 2.05) is 12.2 Å². The van der Waals surface area contributed by atoms with Gasteiger partial charge in [0.25, 0.3) is 0 Å². The second kappa shape index (κ2) is 2.49. The van der Waals surface area contributed by atoms with Crippen LogP contribution in [0.15, 0.2) is 12.2 Å². The molecule has 0 radical (unpaired) electrons. The fourth-order valence-electron chi connectivity index (χ4n) is 1.70. The van der Waals surface area contributed by atoms with Gasteiger partial charge in [0.1, 0.15) is 5.78 Å². The summed E-state index contributed by atoms with van der Waals surface area (Å²) in [5.74, 6) is 0.685. The van der Waals surface area contributed by atoms with Gasteiger partial charge >= 0.3 is 0 Å².